The first-order valence-electron chi connectivity index (χ1n) is 8.86. The van der Waals surface area contributed by atoms with Crippen molar-refractivity contribution in [3.8, 4) is 11.8 Å². The summed E-state index contributed by atoms with van der Waals surface area (Å²) in [5.41, 5.74) is 5.23. The highest BCUT2D eigenvalue weighted by molar-refractivity contribution is 8.15. The van der Waals surface area contributed by atoms with Crippen LogP contribution in [0.4, 0.5) is 18.9 Å². The standard InChI is InChI=1S/C21H15F3N4OS/c1-19(17-20(11-29,21(17,23)24)30-18(25)28-19)15-9-12(4-8-16(15)22)3-5-13-6-7-14(26-2)10-27-13/h4,6-10,17,29H,11H2,1H3,(H2,25,28)/t17-,19+,20+/m0/s1. The average Bonchev–Trinajstić information content (AvgIpc) is 3.23. The Kier molecular flexibility index (Phi) is 4.57. The van der Waals surface area contributed by atoms with Gasteiger partial charge in [-0.05, 0) is 37.1 Å². The van der Waals surface area contributed by atoms with Crippen molar-refractivity contribution in [3.05, 3.63) is 70.6 Å². The number of aromatic nitrogens is 1. The number of aliphatic hydroxyl groups excluding tert-OH is 1. The summed E-state index contributed by atoms with van der Waals surface area (Å²) in [7, 11) is 0. The Labute approximate surface area is 175 Å². The molecule has 1 saturated carbocycles. The molecular weight excluding hydrogens is 413 g/mol. The zero-order valence-corrected chi connectivity index (χ0v) is 16.5. The third-order valence-corrected chi connectivity index (χ3v) is 6.76. The molecule has 1 aromatic carbocycles. The van der Waals surface area contributed by atoms with Crippen molar-refractivity contribution in [2.24, 2.45) is 16.6 Å². The van der Waals surface area contributed by atoms with E-state index in [9.17, 15) is 18.3 Å². The van der Waals surface area contributed by atoms with Crippen LogP contribution >= 0.6 is 11.8 Å². The van der Waals surface area contributed by atoms with E-state index in [4.69, 9.17) is 12.3 Å². The Morgan fingerprint density at radius 3 is 2.70 bits per heavy atom. The van der Waals surface area contributed by atoms with Crippen LogP contribution in [-0.2, 0) is 5.54 Å². The molecule has 9 heteroatoms. The minimum Gasteiger partial charge on any atom is -0.395 e. The number of alkyl halides is 2. The molecule has 30 heavy (non-hydrogen) atoms. The Bertz CT molecular complexity index is 1170. The van der Waals surface area contributed by atoms with E-state index in [2.05, 4.69) is 26.7 Å². The number of fused-ring (bicyclic) bond motifs is 1. The lowest BCUT2D eigenvalue weighted by molar-refractivity contribution is 0.0685. The van der Waals surface area contributed by atoms with Crippen molar-refractivity contribution < 1.29 is 18.3 Å². The number of pyridine rings is 1. The number of hydrogen-bond donors (Lipinski definition) is 2. The van der Waals surface area contributed by atoms with Crippen LogP contribution in [0.5, 0.6) is 0 Å². The predicted octanol–water partition coefficient (Wildman–Crippen LogP) is 3.44. The van der Waals surface area contributed by atoms with Crippen LogP contribution in [0, 0.1) is 30.1 Å². The van der Waals surface area contributed by atoms with Gasteiger partial charge in [-0.25, -0.2) is 18.0 Å². The van der Waals surface area contributed by atoms with Crippen molar-refractivity contribution in [1.29, 1.82) is 0 Å². The van der Waals surface area contributed by atoms with Crippen molar-refractivity contribution in [2.75, 3.05) is 6.61 Å². The monoisotopic (exact) mass is 428 g/mol. The van der Waals surface area contributed by atoms with Crippen LogP contribution in [0.15, 0.2) is 41.5 Å². The number of halogens is 3. The van der Waals surface area contributed by atoms with Gasteiger partial charge in [0.1, 0.15) is 16.3 Å². The van der Waals surface area contributed by atoms with Gasteiger partial charge in [-0.15, -0.1) is 0 Å². The van der Waals surface area contributed by atoms with Crippen molar-refractivity contribution >= 4 is 22.6 Å². The van der Waals surface area contributed by atoms with Crippen molar-refractivity contribution in [3.63, 3.8) is 0 Å². The molecule has 4 rings (SSSR count). The maximum absolute atomic E-state index is 14.7. The molecule has 2 aliphatic rings. The highest BCUT2D eigenvalue weighted by Gasteiger charge is 2.87. The number of rotatable bonds is 2. The molecule has 0 spiro atoms. The van der Waals surface area contributed by atoms with E-state index in [-0.39, 0.29) is 10.7 Å². The fraction of sp³-hybridized carbons (Fsp3) is 0.286. The molecule has 3 atom stereocenters. The van der Waals surface area contributed by atoms with Gasteiger partial charge in [0, 0.05) is 17.3 Å². The van der Waals surface area contributed by atoms with Crippen LogP contribution in [0.3, 0.4) is 0 Å². The second-order valence-electron chi connectivity index (χ2n) is 7.26. The third kappa shape index (κ3) is 2.85. The Hall–Kier alpha value is -3.01. The minimum absolute atomic E-state index is 0.0612. The Balaban J connectivity index is 1.75. The summed E-state index contributed by atoms with van der Waals surface area (Å²) in [6.45, 7) is 7.52. The van der Waals surface area contributed by atoms with Crippen LogP contribution in [0.25, 0.3) is 4.85 Å². The second kappa shape index (κ2) is 6.76. The first-order chi connectivity index (χ1) is 14.2. The number of aliphatic hydroxyl groups is 1. The van der Waals surface area contributed by atoms with E-state index in [1.807, 2.05) is 0 Å². The highest BCUT2D eigenvalue weighted by atomic mass is 32.2. The van der Waals surface area contributed by atoms with Crippen LogP contribution in [-0.4, -0.2) is 32.5 Å². The fourth-order valence-electron chi connectivity index (χ4n) is 3.97. The summed E-state index contributed by atoms with van der Waals surface area (Å²) in [6.07, 6.45) is 1.38. The average molecular weight is 428 g/mol. The molecule has 1 aliphatic carbocycles. The lowest BCUT2D eigenvalue weighted by Gasteiger charge is -2.32. The van der Waals surface area contributed by atoms with Gasteiger partial charge in [-0.2, -0.15) is 0 Å². The van der Waals surface area contributed by atoms with Crippen LogP contribution in [0.2, 0.25) is 0 Å². The number of thioether (sulfide) groups is 1. The maximum atomic E-state index is 14.7. The summed E-state index contributed by atoms with van der Waals surface area (Å²) >= 11 is 0.635. The molecule has 0 amide bonds. The van der Waals surface area contributed by atoms with Gasteiger partial charge in [0.2, 0.25) is 5.69 Å². The molecule has 0 radical (unpaired) electrons. The fourth-order valence-corrected chi connectivity index (χ4v) is 5.33. The summed E-state index contributed by atoms with van der Waals surface area (Å²) < 4.78 is 42.3. The lowest BCUT2D eigenvalue weighted by atomic mass is 9.84. The number of nitrogens with two attached hydrogens (primary N) is 1. The summed E-state index contributed by atoms with van der Waals surface area (Å²) in [5, 5.41) is 9.52. The van der Waals surface area contributed by atoms with Gasteiger partial charge in [0.15, 0.2) is 5.17 Å². The topological polar surface area (TPSA) is 75.9 Å². The molecule has 1 fully saturated rings. The summed E-state index contributed by atoms with van der Waals surface area (Å²) in [5.74, 6) is 0.262. The Morgan fingerprint density at radius 1 is 1.30 bits per heavy atom. The molecule has 152 valence electrons. The smallest absolute Gasteiger partial charge is 0.272 e. The Morgan fingerprint density at radius 2 is 2.07 bits per heavy atom. The number of hydrogen-bond acceptors (Lipinski definition) is 5. The van der Waals surface area contributed by atoms with Crippen molar-refractivity contribution in [1.82, 2.24) is 4.98 Å². The van der Waals surface area contributed by atoms with E-state index < -0.39 is 34.6 Å². The van der Waals surface area contributed by atoms with Gasteiger partial charge < -0.3 is 10.8 Å². The van der Waals surface area contributed by atoms with E-state index in [1.165, 1.54) is 25.3 Å². The zero-order chi connectivity index (χ0) is 21.7. The molecule has 0 unspecified atom stereocenters. The lowest BCUT2D eigenvalue weighted by Crippen LogP contribution is -2.37. The van der Waals surface area contributed by atoms with E-state index >= 15 is 0 Å². The molecular formula is C21H15F3N4OS. The molecule has 0 saturated heterocycles. The van der Waals surface area contributed by atoms with Crippen LogP contribution < -0.4 is 5.73 Å². The third-order valence-electron chi connectivity index (χ3n) is 5.46. The number of aliphatic imine (C=N–C) groups is 1. The van der Waals surface area contributed by atoms with Gasteiger partial charge in [-0.1, -0.05) is 23.7 Å². The molecule has 0 bridgehead atoms. The first kappa shape index (κ1) is 20.3. The zero-order valence-electron chi connectivity index (χ0n) is 15.7. The molecule has 3 N–H and O–H groups in total. The van der Waals surface area contributed by atoms with Crippen LogP contribution in [0.1, 0.15) is 23.7 Å². The highest BCUT2D eigenvalue weighted by Crippen LogP contribution is 2.74. The minimum atomic E-state index is -3.26. The number of nitrogens with zero attached hydrogens (tertiary/aromatic N) is 3. The van der Waals surface area contributed by atoms with Gasteiger partial charge in [0.05, 0.1) is 24.6 Å². The molecule has 1 aliphatic heterocycles. The van der Waals surface area contributed by atoms with E-state index in [0.717, 1.165) is 6.07 Å². The number of amidine groups is 1. The molecule has 2 aromatic rings. The van der Waals surface area contributed by atoms with Gasteiger partial charge in [0.25, 0.3) is 5.92 Å². The molecule has 5 nitrogen and oxygen atoms in total. The molecule has 1 aromatic heterocycles. The van der Waals surface area contributed by atoms with E-state index in [0.29, 0.717) is 28.7 Å². The summed E-state index contributed by atoms with van der Waals surface area (Å²) in [6, 6.07) is 7.10. The van der Waals surface area contributed by atoms with Gasteiger partial charge in [-0.3, -0.25) is 9.98 Å². The van der Waals surface area contributed by atoms with Crippen molar-refractivity contribution in [2.45, 2.75) is 23.1 Å². The SMILES string of the molecule is [C-]#[N+]c1ccc(C#Cc2ccc(F)c([C@@]3(C)N=C(N)S[C@]4(CO)[C@H]3C4(F)F)c2)nc1. The summed E-state index contributed by atoms with van der Waals surface area (Å²) in [4.78, 5) is 11.5. The quantitative estimate of drug-likeness (QED) is 0.568. The largest absolute Gasteiger partial charge is 0.395 e. The number of benzene rings is 1. The maximum Gasteiger partial charge on any atom is 0.272 e. The second-order valence-corrected chi connectivity index (χ2v) is 8.61. The molecule has 2 heterocycles. The van der Waals surface area contributed by atoms with Gasteiger partial charge >= 0.3 is 0 Å². The normalized spacial score (nSPS) is 28.4. The predicted molar refractivity (Wildman–Crippen MR) is 108 cm³/mol. The van der Waals surface area contributed by atoms with E-state index in [1.54, 1.807) is 12.1 Å². The first-order valence-corrected chi connectivity index (χ1v) is 9.68.